The largest absolute Gasteiger partial charge is 0.506 e. The number of nitrogens with one attached hydrogen (secondary N) is 1. The molecule has 0 aromatic heterocycles. The lowest BCUT2D eigenvalue weighted by molar-refractivity contribution is 0.102. The normalized spacial score (nSPS) is 10.5. The highest BCUT2D eigenvalue weighted by atomic mass is 16.5. The van der Waals surface area contributed by atoms with Crippen LogP contribution in [0.1, 0.15) is 29.8 Å². The van der Waals surface area contributed by atoms with Gasteiger partial charge >= 0.3 is 0 Å². The number of carbonyl (C=O) groups is 1. The van der Waals surface area contributed by atoms with Crippen LogP contribution in [0, 0.1) is 12.8 Å². The lowest BCUT2D eigenvalue weighted by Crippen LogP contribution is -2.12. The van der Waals surface area contributed by atoms with Gasteiger partial charge in [0.1, 0.15) is 11.5 Å². The Morgan fingerprint density at radius 1 is 1.23 bits per heavy atom. The van der Waals surface area contributed by atoms with Crippen molar-refractivity contribution in [1.82, 2.24) is 0 Å². The van der Waals surface area contributed by atoms with Gasteiger partial charge in [0.25, 0.3) is 5.91 Å². The Labute approximate surface area is 130 Å². The minimum absolute atomic E-state index is 0.0561. The van der Waals surface area contributed by atoms with Gasteiger partial charge in [-0.25, -0.2) is 0 Å². The summed E-state index contributed by atoms with van der Waals surface area (Å²) in [5, 5.41) is 12.5. The zero-order valence-electron chi connectivity index (χ0n) is 13.1. The molecule has 2 N–H and O–H groups in total. The summed E-state index contributed by atoms with van der Waals surface area (Å²) in [6, 6.07) is 12.1. The number of anilines is 1. The summed E-state index contributed by atoms with van der Waals surface area (Å²) in [4.78, 5) is 12.3. The molecule has 2 aromatic carbocycles. The Balaban J connectivity index is 2.10. The second-order valence-corrected chi connectivity index (χ2v) is 5.71. The van der Waals surface area contributed by atoms with E-state index in [1.807, 2.05) is 19.1 Å². The Kier molecular flexibility index (Phi) is 5.04. The number of benzene rings is 2. The van der Waals surface area contributed by atoms with Crippen LogP contribution in [0.25, 0.3) is 0 Å². The van der Waals surface area contributed by atoms with Gasteiger partial charge in [-0.3, -0.25) is 4.79 Å². The Bertz CT molecular complexity index is 665. The van der Waals surface area contributed by atoms with Crippen LogP contribution in [-0.4, -0.2) is 17.6 Å². The quantitative estimate of drug-likeness (QED) is 0.821. The summed E-state index contributed by atoms with van der Waals surface area (Å²) in [7, 11) is 0. The zero-order chi connectivity index (χ0) is 16.1. The lowest BCUT2D eigenvalue weighted by Gasteiger charge is -2.11. The fraction of sp³-hybridized carbons (Fsp3) is 0.278. The minimum Gasteiger partial charge on any atom is -0.506 e. The molecule has 0 aliphatic carbocycles. The Morgan fingerprint density at radius 2 is 2.00 bits per heavy atom. The molecule has 0 spiro atoms. The number of hydrogen-bond acceptors (Lipinski definition) is 3. The molecule has 0 radical (unpaired) electrons. The molecule has 0 atom stereocenters. The van der Waals surface area contributed by atoms with Crippen LogP contribution in [-0.2, 0) is 0 Å². The average Bonchev–Trinajstić information content (AvgIpc) is 2.48. The third-order valence-corrected chi connectivity index (χ3v) is 3.08. The standard InChI is InChI=1S/C18H21NO3/c1-12(2)11-22-15-6-4-5-14(10-15)18(21)19-16-8-7-13(3)9-17(16)20/h4-10,12,20H,11H2,1-3H3,(H,19,21). The van der Waals surface area contributed by atoms with Gasteiger partial charge in [-0.2, -0.15) is 0 Å². The molecule has 0 aliphatic rings. The lowest BCUT2D eigenvalue weighted by atomic mass is 10.1. The zero-order valence-corrected chi connectivity index (χ0v) is 13.1. The second kappa shape index (κ2) is 6.98. The van der Waals surface area contributed by atoms with E-state index in [4.69, 9.17) is 4.74 Å². The van der Waals surface area contributed by atoms with Crippen LogP contribution in [0.5, 0.6) is 11.5 Å². The molecule has 0 saturated carbocycles. The molecule has 0 aliphatic heterocycles. The first kappa shape index (κ1) is 15.9. The van der Waals surface area contributed by atoms with E-state index >= 15 is 0 Å². The molecule has 0 bridgehead atoms. The fourth-order valence-corrected chi connectivity index (χ4v) is 1.93. The van der Waals surface area contributed by atoms with Gasteiger partial charge < -0.3 is 15.2 Å². The number of amides is 1. The monoisotopic (exact) mass is 299 g/mol. The van der Waals surface area contributed by atoms with Crippen molar-refractivity contribution in [3.05, 3.63) is 53.6 Å². The van der Waals surface area contributed by atoms with Gasteiger partial charge in [0, 0.05) is 5.56 Å². The number of ether oxygens (including phenoxy) is 1. The molecule has 2 rings (SSSR count). The molecule has 0 unspecified atom stereocenters. The number of phenolic OH excluding ortho intramolecular Hbond substituents is 1. The molecular formula is C18H21NO3. The molecule has 116 valence electrons. The summed E-state index contributed by atoms with van der Waals surface area (Å²) in [5.74, 6) is 0.853. The maximum Gasteiger partial charge on any atom is 0.255 e. The van der Waals surface area contributed by atoms with E-state index in [1.54, 1.807) is 30.3 Å². The van der Waals surface area contributed by atoms with E-state index in [-0.39, 0.29) is 11.7 Å². The van der Waals surface area contributed by atoms with E-state index in [9.17, 15) is 9.90 Å². The molecule has 0 saturated heterocycles. The smallest absolute Gasteiger partial charge is 0.255 e. The number of phenols is 1. The van der Waals surface area contributed by atoms with Crippen LogP contribution in [0.3, 0.4) is 0 Å². The highest BCUT2D eigenvalue weighted by molar-refractivity contribution is 6.05. The van der Waals surface area contributed by atoms with Crippen molar-refractivity contribution in [1.29, 1.82) is 0 Å². The van der Waals surface area contributed by atoms with Crippen molar-refractivity contribution in [3.8, 4) is 11.5 Å². The number of aromatic hydroxyl groups is 1. The van der Waals surface area contributed by atoms with E-state index in [0.717, 1.165) is 5.56 Å². The molecular weight excluding hydrogens is 278 g/mol. The van der Waals surface area contributed by atoms with Gasteiger partial charge in [-0.1, -0.05) is 26.0 Å². The second-order valence-electron chi connectivity index (χ2n) is 5.71. The topological polar surface area (TPSA) is 58.6 Å². The first-order valence-corrected chi connectivity index (χ1v) is 7.29. The predicted octanol–water partition coefficient (Wildman–Crippen LogP) is 3.99. The summed E-state index contributed by atoms with van der Waals surface area (Å²) >= 11 is 0. The van der Waals surface area contributed by atoms with E-state index in [2.05, 4.69) is 19.2 Å². The average molecular weight is 299 g/mol. The maximum absolute atomic E-state index is 12.3. The minimum atomic E-state index is -0.283. The van der Waals surface area contributed by atoms with E-state index < -0.39 is 0 Å². The van der Waals surface area contributed by atoms with E-state index in [0.29, 0.717) is 29.5 Å². The Morgan fingerprint density at radius 3 is 2.68 bits per heavy atom. The number of aryl methyl sites for hydroxylation is 1. The van der Waals surface area contributed by atoms with Crippen LogP contribution in [0.15, 0.2) is 42.5 Å². The summed E-state index contributed by atoms with van der Waals surface area (Å²) in [6.07, 6.45) is 0. The summed E-state index contributed by atoms with van der Waals surface area (Å²) in [5.41, 5.74) is 1.81. The molecule has 2 aromatic rings. The number of rotatable bonds is 5. The van der Waals surface area contributed by atoms with E-state index in [1.165, 1.54) is 0 Å². The van der Waals surface area contributed by atoms with Crippen molar-refractivity contribution in [2.45, 2.75) is 20.8 Å². The fourth-order valence-electron chi connectivity index (χ4n) is 1.93. The van der Waals surface area contributed by atoms with Crippen LogP contribution in [0.4, 0.5) is 5.69 Å². The highest BCUT2D eigenvalue weighted by Gasteiger charge is 2.10. The van der Waals surface area contributed by atoms with Gasteiger partial charge in [-0.15, -0.1) is 0 Å². The van der Waals surface area contributed by atoms with Crippen molar-refractivity contribution < 1.29 is 14.6 Å². The van der Waals surface area contributed by atoms with Crippen LogP contribution >= 0.6 is 0 Å². The van der Waals surface area contributed by atoms with Gasteiger partial charge in [0.2, 0.25) is 0 Å². The van der Waals surface area contributed by atoms with Crippen molar-refractivity contribution in [2.75, 3.05) is 11.9 Å². The summed E-state index contributed by atoms with van der Waals surface area (Å²) < 4.78 is 5.62. The van der Waals surface area contributed by atoms with Gasteiger partial charge in [0.15, 0.2) is 0 Å². The molecule has 0 heterocycles. The molecule has 0 fully saturated rings. The first-order chi connectivity index (χ1) is 10.5. The predicted molar refractivity (Wildman–Crippen MR) is 87.6 cm³/mol. The van der Waals surface area contributed by atoms with Crippen LogP contribution < -0.4 is 10.1 Å². The molecule has 4 nitrogen and oxygen atoms in total. The van der Waals surface area contributed by atoms with Gasteiger partial charge in [-0.05, 0) is 48.7 Å². The number of hydrogen-bond donors (Lipinski definition) is 2. The van der Waals surface area contributed by atoms with Crippen molar-refractivity contribution in [2.24, 2.45) is 5.92 Å². The molecule has 22 heavy (non-hydrogen) atoms. The number of carbonyl (C=O) groups excluding carboxylic acids is 1. The third kappa shape index (κ3) is 4.25. The van der Waals surface area contributed by atoms with Crippen molar-refractivity contribution >= 4 is 11.6 Å². The third-order valence-electron chi connectivity index (χ3n) is 3.08. The summed E-state index contributed by atoms with van der Waals surface area (Å²) in [6.45, 7) is 6.61. The van der Waals surface area contributed by atoms with Gasteiger partial charge in [0.05, 0.1) is 12.3 Å². The van der Waals surface area contributed by atoms with Crippen molar-refractivity contribution in [3.63, 3.8) is 0 Å². The highest BCUT2D eigenvalue weighted by Crippen LogP contribution is 2.25. The molecule has 4 heteroatoms. The Hall–Kier alpha value is -2.49. The SMILES string of the molecule is Cc1ccc(NC(=O)c2cccc(OCC(C)C)c2)c(O)c1. The maximum atomic E-state index is 12.3. The first-order valence-electron chi connectivity index (χ1n) is 7.29. The van der Waals surface area contributed by atoms with Crippen LogP contribution in [0.2, 0.25) is 0 Å². The molecule has 1 amide bonds.